The molecule has 4 heterocycles. The molecule has 1 saturated heterocycles. The molecule has 2 aliphatic rings. The molecule has 136 valence electrons. The van der Waals surface area contributed by atoms with Crippen LogP contribution in [0.15, 0.2) is 29.4 Å². The van der Waals surface area contributed by atoms with Gasteiger partial charge in [0, 0.05) is 31.4 Å². The number of oxazole rings is 1. The Morgan fingerprint density at radius 3 is 2.92 bits per heavy atom. The number of aromatic nitrogens is 4. The normalized spacial score (nSPS) is 21.2. The molecule has 2 fully saturated rings. The molecule has 1 unspecified atom stereocenters. The summed E-state index contributed by atoms with van der Waals surface area (Å²) in [6, 6.07) is 2.03. The van der Waals surface area contributed by atoms with Gasteiger partial charge in [-0.25, -0.2) is 15.0 Å². The van der Waals surface area contributed by atoms with E-state index in [0.29, 0.717) is 5.76 Å². The number of nitrogens with zero attached hydrogens (tertiary/aromatic N) is 5. The molecule has 0 radical (unpaired) electrons. The number of nitrogens with one attached hydrogen (secondary N) is 1. The molecule has 3 aromatic rings. The van der Waals surface area contributed by atoms with Crippen LogP contribution in [0.25, 0.3) is 11.0 Å². The van der Waals surface area contributed by atoms with Gasteiger partial charge in [-0.15, -0.1) is 0 Å². The van der Waals surface area contributed by atoms with Gasteiger partial charge in [0.25, 0.3) is 0 Å². The van der Waals surface area contributed by atoms with E-state index in [9.17, 15) is 5.11 Å². The molecule has 8 heteroatoms. The molecule has 0 bridgehead atoms. The molecule has 1 aliphatic heterocycles. The van der Waals surface area contributed by atoms with Crippen LogP contribution in [0, 0.1) is 6.92 Å². The van der Waals surface area contributed by atoms with Crippen LogP contribution in [0.5, 0.6) is 0 Å². The number of aryl methyl sites for hydroxylation is 1. The summed E-state index contributed by atoms with van der Waals surface area (Å²) < 4.78 is 5.46. The van der Waals surface area contributed by atoms with E-state index in [1.807, 2.05) is 19.2 Å². The van der Waals surface area contributed by atoms with Crippen LogP contribution in [-0.2, 0) is 0 Å². The second kappa shape index (κ2) is 5.78. The van der Waals surface area contributed by atoms with Crippen LogP contribution in [0.1, 0.15) is 36.9 Å². The number of H-pyrrole nitrogens is 1. The minimum Gasteiger partial charge on any atom is -0.444 e. The van der Waals surface area contributed by atoms with Gasteiger partial charge in [-0.3, -0.25) is 4.90 Å². The standard InChI is InChI=1S/C18H22N6O2/c1-12-14(26-11-22-12)17(25)24-8-2-7-23(9-18(24)4-5-18)16-13-3-6-19-15(13)20-10-21-16/h3,6,10-11,17,25H,2,4-5,7-9H2,1H3,(H,19,20,21). The van der Waals surface area contributed by atoms with Crippen molar-refractivity contribution in [1.29, 1.82) is 0 Å². The molecule has 26 heavy (non-hydrogen) atoms. The molecule has 2 N–H and O–H groups in total. The Labute approximate surface area is 150 Å². The van der Waals surface area contributed by atoms with Gasteiger partial charge in [-0.1, -0.05) is 0 Å². The predicted octanol–water partition coefficient (Wildman–Crippen LogP) is 1.99. The van der Waals surface area contributed by atoms with Crippen molar-refractivity contribution in [2.24, 2.45) is 0 Å². The minimum absolute atomic E-state index is 0.0390. The van der Waals surface area contributed by atoms with E-state index in [0.717, 1.165) is 61.4 Å². The largest absolute Gasteiger partial charge is 0.444 e. The highest BCUT2D eigenvalue weighted by atomic mass is 16.4. The Bertz CT molecular complexity index is 931. The van der Waals surface area contributed by atoms with Crippen molar-refractivity contribution in [3.05, 3.63) is 36.4 Å². The van der Waals surface area contributed by atoms with E-state index in [1.165, 1.54) is 6.39 Å². The van der Waals surface area contributed by atoms with Crippen LogP contribution < -0.4 is 4.90 Å². The first-order chi connectivity index (χ1) is 12.7. The monoisotopic (exact) mass is 354 g/mol. The summed E-state index contributed by atoms with van der Waals surface area (Å²) in [5, 5.41) is 12.0. The topological polar surface area (TPSA) is 94.3 Å². The lowest BCUT2D eigenvalue weighted by molar-refractivity contribution is -0.0450. The lowest BCUT2D eigenvalue weighted by Gasteiger charge is -2.35. The molecular weight excluding hydrogens is 332 g/mol. The van der Waals surface area contributed by atoms with Crippen molar-refractivity contribution in [3.8, 4) is 0 Å². The number of fused-ring (bicyclic) bond motifs is 1. The fourth-order valence-corrected chi connectivity index (χ4v) is 4.16. The molecule has 1 atom stereocenters. The third-order valence-electron chi connectivity index (χ3n) is 5.69. The van der Waals surface area contributed by atoms with Crippen molar-refractivity contribution in [2.75, 3.05) is 24.5 Å². The SMILES string of the molecule is Cc1ncoc1C(O)N1CCCN(c2ncnc3[nH]ccc23)CC12CC2. The zero-order valence-corrected chi connectivity index (χ0v) is 14.7. The third-order valence-corrected chi connectivity index (χ3v) is 5.69. The third kappa shape index (κ3) is 2.40. The first-order valence-corrected chi connectivity index (χ1v) is 9.06. The number of hydrogen-bond acceptors (Lipinski definition) is 7. The zero-order valence-electron chi connectivity index (χ0n) is 14.7. The van der Waals surface area contributed by atoms with Crippen molar-refractivity contribution < 1.29 is 9.52 Å². The minimum atomic E-state index is -0.752. The van der Waals surface area contributed by atoms with E-state index >= 15 is 0 Å². The molecule has 8 nitrogen and oxygen atoms in total. The molecule has 3 aromatic heterocycles. The zero-order chi connectivity index (χ0) is 17.7. The summed E-state index contributed by atoms with van der Waals surface area (Å²) in [5.74, 6) is 1.52. The summed E-state index contributed by atoms with van der Waals surface area (Å²) in [5.41, 5.74) is 1.57. The van der Waals surface area contributed by atoms with E-state index in [-0.39, 0.29) is 5.54 Å². The number of aromatic amines is 1. The van der Waals surface area contributed by atoms with Gasteiger partial charge >= 0.3 is 0 Å². The smallest absolute Gasteiger partial charge is 0.181 e. The highest BCUT2D eigenvalue weighted by molar-refractivity contribution is 5.87. The van der Waals surface area contributed by atoms with Crippen LogP contribution in [-0.4, -0.2) is 55.1 Å². The van der Waals surface area contributed by atoms with Crippen LogP contribution >= 0.6 is 0 Å². The van der Waals surface area contributed by atoms with Gasteiger partial charge in [0.2, 0.25) is 0 Å². The van der Waals surface area contributed by atoms with Crippen molar-refractivity contribution >= 4 is 16.9 Å². The number of rotatable bonds is 3. The molecule has 1 saturated carbocycles. The van der Waals surface area contributed by atoms with Crippen molar-refractivity contribution in [1.82, 2.24) is 24.8 Å². The Kier molecular flexibility index (Phi) is 3.51. The van der Waals surface area contributed by atoms with Gasteiger partial charge in [0.05, 0.1) is 11.1 Å². The summed E-state index contributed by atoms with van der Waals surface area (Å²) in [4.78, 5) is 20.7. The van der Waals surface area contributed by atoms with Crippen LogP contribution in [0.2, 0.25) is 0 Å². The number of anilines is 1. The van der Waals surface area contributed by atoms with Gasteiger partial charge in [-0.05, 0) is 32.3 Å². The highest BCUT2D eigenvalue weighted by Crippen LogP contribution is 2.48. The average molecular weight is 354 g/mol. The van der Waals surface area contributed by atoms with E-state index in [2.05, 4.69) is 29.7 Å². The first kappa shape index (κ1) is 15.8. The maximum Gasteiger partial charge on any atom is 0.181 e. The van der Waals surface area contributed by atoms with Crippen molar-refractivity contribution in [3.63, 3.8) is 0 Å². The Morgan fingerprint density at radius 2 is 2.15 bits per heavy atom. The molecule has 0 aromatic carbocycles. The first-order valence-electron chi connectivity index (χ1n) is 9.06. The van der Waals surface area contributed by atoms with Gasteiger partial charge < -0.3 is 19.4 Å². The molecular formula is C18H22N6O2. The Morgan fingerprint density at radius 1 is 1.27 bits per heavy atom. The summed E-state index contributed by atoms with van der Waals surface area (Å²) >= 11 is 0. The molecule has 1 aliphatic carbocycles. The van der Waals surface area contributed by atoms with Crippen LogP contribution in [0.3, 0.4) is 0 Å². The Balaban J connectivity index is 1.46. The Hall–Kier alpha value is -2.45. The number of hydrogen-bond donors (Lipinski definition) is 2. The summed E-state index contributed by atoms with van der Waals surface area (Å²) in [6.07, 6.45) is 7.24. The maximum atomic E-state index is 11.0. The fraction of sp³-hybridized carbons (Fsp3) is 0.500. The predicted molar refractivity (Wildman–Crippen MR) is 95.6 cm³/mol. The second-order valence-electron chi connectivity index (χ2n) is 7.31. The van der Waals surface area contributed by atoms with Gasteiger partial charge in [0.15, 0.2) is 18.4 Å². The maximum absolute atomic E-state index is 11.0. The lowest BCUT2D eigenvalue weighted by atomic mass is 10.1. The van der Waals surface area contributed by atoms with E-state index < -0.39 is 6.23 Å². The number of aliphatic hydroxyl groups is 1. The van der Waals surface area contributed by atoms with E-state index in [4.69, 9.17) is 4.42 Å². The van der Waals surface area contributed by atoms with Crippen LogP contribution in [0.4, 0.5) is 5.82 Å². The second-order valence-corrected chi connectivity index (χ2v) is 7.31. The van der Waals surface area contributed by atoms with Crippen molar-refractivity contribution in [2.45, 2.75) is 38.0 Å². The highest BCUT2D eigenvalue weighted by Gasteiger charge is 2.53. The number of aliphatic hydroxyl groups excluding tert-OH is 1. The average Bonchev–Trinajstić information content (AvgIpc) is 3.09. The quantitative estimate of drug-likeness (QED) is 0.743. The van der Waals surface area contributed by atoms with E-state index in [1.54, 1.807) is 6.33 Å². The summed E-state index contributed by atoms with van der Waals surface area (Å²) in [7, 11) is 0. The molecule has 0 amide bonds. The lowest BCUT2D eigenvalue weighted by Crippen LogP contribution is -2.45. The molecule has 1 spiro atoms. The fourth-order valence-electron chi connectivity index (χ4n) is 4.16. The van der Waals surface area contributed by atoms with Gasteiger partial charge in [0.1, 0.15) is 17.8 Å². The summed E-state index contributed by atoms with van der Waals surface area (Å²) in [6.45, 7) is 4.43. The van der Waals surface area contributed by atoms with Gasteiger partial charge in [-0.2, -0.15) is 0 Å². The molecule has 5 rings (SSSR count).